The SMILES string of the molecule is CC.CC.CC.CC.CC(C)C(C)CCC(C)C(C)CO.CC(C)C(C)CCC(O)C1CCC(C)C(C)C1. The Hall–Kier alpha value is -0.0800. The van der Waals surface area contributed by atoms with Crippen molar-refractivity contribution >= 4 is 0 Å². The lowest BCUT2D eigenvalue weighted by molar-refractivity contribution is 0.0452. The van der Waals surface area contributed by atoms with Crippen LogP contribution in [0.3, 0.4) is 0 Å². The van der Waals surface area contributed by atoms with Gasteiger partial charge < -0.3 is 10.2 Å². The predicted octanol–water partition coefficient (Wildman–Crippen LogP) is 11.9. The first kappa shape index (κ1) is 47.7. The Morgan fingerprint density at radius 2 is 0.895 bits per heavy atom. The molecule has 1 aliphatic carbocycles. The summed E-state index contributed by atoms with van der Waals surface area (Å²) in [5, 5.41) is 19.3. The molecule has 0 aromatic carbocycles. The Kier molecular flexibility index (Phi) is 41.6. The van der Waals surface area contributed by atoms with Crippen LogP contribution in [0.1, 0.15) is 170 Å². The van der Waals surface area contributed by atoms with Crippen LogP contribution in [0.2, 0.25) is 0 Å². The molecule has 1 saturated carbocycles. The molecule has 8 atom stereocenters. The molecule has 0 heterocycles. The number of aliphatic hydroxyl groups excluding tert-OH is 2. The van der Waals surface area contributed by atoms with Gasteiger partial charge in [0.25, 0.3) is 0 Å². The highest BCUT2D eigenvalue weighted by Gasteiger charge is 2.29. The van der Waals surface area contributed by atoms with Crippen molar-refractivity contribution in [2.45, 2.75) is 176 Å². The summed E-state index contributed by atoms with van der Waals surface area (Å²) in [6.07, 6.45) is 8.46. The average molecular weight is 547 g/mol. The van der Waals surface area contributed by atoms with Crippen LogP contribution in [0.5, 0.6) is 0 Å². The van der Waals surface area contributed by atoms with Gasteiger partial charge in [-0.1, -0.05) is 144 Å². The van der Waals surface area contributed by atoms with Gasteiger partial charge in [-0.05, 0) is 78.9 Å². The van der Waals surface area contributed by atoms with E-state index in [1.165, 1.54) is 38.5 Å². The second kappa shape index (κ2) is 33.1. The summed E-state index contributed by atoms with van der Waals surface area (Å²) in [7, 11) is 0. The van der Waals surface area contributed by atoms with E-state index in [-0.39, 0.29) is 6.10 Å². The van der Waals surface area contributed by atoms with Gasteiger partial charge in [-0.15, -0.1) is 0 Å². The van der Waals surface area contributed by atoms with Crippen LogP contribution in [0.25, 0.3) is 0 Å². The van der Waals surface area contributed by atoms with Gasteiger partial charge in [0, 0.05) is 6.61 Å². The van der Waals surface area contributed by atoms with Crippen molar-refractivity contribution in [1.29, 1.82) is 0 Å². The van der Waals surface area contributed by atoms with Crippen molar-refractivity contribution in [3.63, 3.8) is 0 Å². The molecule has 0 spiro atoms. The van der Waals surface area contributed by atoms with Crippen LogP contribution in [0, 0.1) is 53.3 Å². The zero-order valence-corrected chi connectivity index (χ0v) is 30.3. The van der Waals surface area contributed by atoms with E-state index in [9.17, 15) is 5.11 Å². The van der Waals surface area contributed by atoms with Gasteiger partial charge in [0.15, 0.2) is 0 Å². The Morgan fingerprint density at radius 3 is 1.24 bits per heavy atom. The fourth-order valence-electron chi connectivity index (χ4n) is 4.26. The summed E-state index contributed by atoms with van der Waals surface area (Å²) in [6.45, 7) is 39.2. The first-order valence-corrected chi connectivity index (χ1v) is 17.2. The molecule has 2 N–H and O–H groups in total. The molecule has 1 rings (SSSR count). The number of rotatable bonds is 11. The number of aliphatic hydroxyl groups is 2. The summed E-state index contributed by atoms with van der Waals surface area (Å²) < 4.78 is 0. The van der Waals surface area contributed by atoms with E-state index in [1.54, 1.807) is 0 Å². The van der Waals surface area contributed by atoms with Crippen molar-refractivity contribution in [3.8, 4) is 0 Å². The standard InChI is InChI=1S/C16H32O.C12H26O.4C2H6/c1-11(2)12(3)7-9-16(17)15-8-6-13(4)14(5)10-15;1-9(2)10(3)6-7-11(4)12(5)8-13;4*1-2/h11-17H,6-10H2,1-5H3;9-13H,6-8H2,1-5H3;4*1-2H3. The van der Waals surface area contributed by atoms with Crippen LogP contribution < -0.4 is 0 Å². The van der Waals surface area contributed by atoms with E-state index in [0.29, 0.717) is 24.4 Å². The van der Waals surface area contributed by atoms with E-state index in [1.807, 2.05) is 55.4 Å². The highest BCUT2D eigenvalue weighted by Crippen LogP contribution is 2.36. The molecule has 0 aromatic rings. The molecule has 38 heavy (non-hydrogen) atoms. The highest BCUT2D eigenvalue weighted by atomic mass is 16.3. The lowest BCUT2D eigenvalue weighted by Gasteiger charge is -2.35. The molecule has 1 aliphatic rings. The third-order valence-corrected chi connectivity index (χ3v) is 8.71. The molecular formula is C36H82O2. The summed E-state index contributed by atoms with van der Waals surface area (Å²) in [5.41, 5.74) is 0. The summed E-state index contributed by atoms with van der Waals surface area (Å²) in [4.78, 5) is 0. The maximum absolute atomic E-state index is 10.3. The van der Waals surface area contributed by atoms with E-state index in [0.717, 1.165) is 41.9 Å². The van der Waals surface area contributed by atoms with E-state index >= 15 is 0 Å². The zero-order valence-electron chi connectivity index (χ0n) is 30.3. The molecule has 0 bridgehead atoms. The molecule has 2 heteroatoms. The van der Waals surface area contributed by atoms with Gasteiger partial charge in [-0.3, -0.25) is 0 Å². The number of hydrogen-bond donors (Lipinski definition) is 2. The predicted molar refractivity (Wildman–Crippen MR) is 179 cm³/mol. The van der Waals surface area contributed by atoms with Crippen molar-refractivity contribution < 1.29 is 10.2 Å². The largest absolute Gasteiger partial charge is 0.396 e. The summed E-state index contributed by atoms with van der Waals surface area (Å²) in [5.74, 6) is 6.42. The van der Waals surface area contributed by atoms with Crippen LogP contribution >= 0.6 is 0 Å². The molecular weight excluding hydrogens is 464 g/mol. The smallest absolute Gasteiger partial charge is 0.0568 e. The van der Waals surface area contributed by atoms with Gasteiger partial charge >= 0.3 is 0 Å². The second-order valence-electron chi connectivity index (χ2n) is 11.8. The maximum atomic E-state index is 10.3. The third-order valence-electron chi connectivity index (χ3n) is 8.71. The molecule has 8 unspecified atom stereocenters. The van der Waals surface area contributed by atoms with E-state index in [4.69, 9.17) is 5.11 Å². The van der Waals surface area contributed by atoms with E-state index < -0.39 is 0 Å². The minimum absolute atomic E-state index is 0.0499. The lowest BCUT2D eigenvalue weighted by Crippen LogP contribution is -2.29. The lowest BCUT2D eigenvalue weighted by atomic mass is 9.73. The molecule has 238 valence electrons. The number of hydrogen-bond acceptors (Lipinski definition) is 2. The summed E-state index contributed by atoms with van der Waals surface area (Å²) >= 11 is 0. The Morgan fingerprint density at radius 1 is 0.526 bits per heavy atom. The first-order chi connectivity index (χ1) is 17.9. The molecule has 0 aromatic heterocycles. The van der Waals surface area contributed by atoms with Crippen molar-refractivity contribution in [2.24, 2.45) is 53.3 Å². The zero-order chi connectivity index (χ0) is 31.4. The molecule has 1 fully saturated rings. The Bertz CT molecular complexity index is 406. The Labute approximate surface area is 245 Å². The molecule has 0 amide bonds. The normalized spacial score (nSPS) is 22.1. The van der Waals surface area contributed by atoms with Crippen molar-refractivity contribution in [2.75, 3.05) is 6.61 Å². The molecule has 0 radical (unpaired) electrons. The van der Waals surface area contributed by atoms with Gasteiger partial charge in [0.05, 0.1) is 6.10 Å². The molecule has 0 saturated heterocycles. The van der Waals surface area contributed by atoms with Crippen LogP contribution in [-0.4, -0.2) is 22.9 Å². The van der Waals surface area contributed by atoms with Gasteiger partial charge in [0.1, 0.15) is 0 Å². The van der Waals surface area contributed by atoms with Crippen molar-refractivity contribution in [1.82, 2.24) is 0 Å². The minimum Gasteiger partial charge on any atom is -0.396 e. The molecule has 0 aliphatic heterocycles. The quantitative estimate of drug-likeness (QED) is 0.270. The topological polar surface area (TPSA) is 40.5 Å². The minimum atomic E-state index is -0.0499. The molecule has 2 nitrogen and oxygen atoms in total. The Balaban J connectivity index is -0.000000154. The fourth-order valence-corrected chi connectivity index (χ4v) is 4.26. The summed E-state index contributed by atoms with van der Waals surface area (Å²) in [6, 6.07) is 0. The average Bonchev–Trinajstić information content (AvgIpc) is 2.95. The highest BCUT2D eigenvalue weighted by molar-refractivity contribution is 4.80. The monoisotopic (exact) mass is 547 g/mol. The maximum Gasteiger partial charge on any atom is 0.0568 e. The van der Waals surface area contributed by atoms with Crippen LogP contribution in [0.15, 0.2) is 0 Å². The second-order valence-corrected chi connectivity index (χ2v) is 11.8. The van der Waals surface area contributed by atoms with Crippen LogP contribution in [-0.2, 0) is 0 Å². The van der Waals surface area contributed by atoms with Gasteiger partial charge in [0.2, 0.25) is 0 Å². The van der Waals surface area contributed by atoms with Gasteiger partial charge in [-0.2, -0.15) is 0 Å². The van der Waals surface area contributed by atoms with Gasteiger partial charge in [-0.25, -0.2) is 0 Å². The van der Waals surface area contributed by atoms with Crippen LogP contribution in [0.4, 0.5) is 0 Å². The third kappa shape index (κ3) is 26.2. The first-order valence-electron chi connectivity index (χ1n) is 17.2. The van der Waals surface area contributed by atoms with Crippen molar-refractivity contribution in [3.05, 3.63) is 0 Å². The van der Waals surface area contributed by atoms with E-state index in [2.05, 4.69) is 69.2 Å². The fraction of sp³-hybridized carbons (Fsp3) is 1.00.